The predicted octanol–water partition coefficient (Wildman–Crippen LogP) is 11.2. The van der Waals surface area contributed by atoms with Crippen molar-refractivity contribution in [2.75, 3.05) is 0 Å². The minimum absolute atomic E-state index is 0. The van der Waals surface area contributed by atoms with Gasteiger partial charge in [-0.3, -0.25) is 12.2 Å². The summed E-state index contributed by atoms with van der Waals surface area (Å²) >= 11 is 0. The van der Waals surface area contributed by atoms with Crippen molar-refractivity contribution in [2.45, 2.75) is 90.4 Å². The molecule has 8 rings (SSSR count). The van der Waals surface area contributed by atoms with E-state index < -0.39 is 0 Å². The molecule has 238 valence electrons. The number of benzene rings is 2. The molecule has 46 heavy (non-hydrogen) atoms. The van der Waals surface area contributed by atoms with Gasteiger partial charge in [-0.05, 0) is 24.7 Å². The molecule has 4 heteroatoms. The predicted molar refractivity (Wildman–Crippen MR) is 201 cm³/mol. The Balaban J connectivity index is 0.000000286. The van der Waals surface area contributed by atoms with Crippen molar-refractivity contribution in [1.82, 2.24) is 0 Å². The van der Waals surface area contributed by atoms with Crippen molar-refractivity contribution >= 4 is 31.2 Å². The molecule has 0 N–H and O–H groups in total. The molecule has 0 aromatic heterocycles. The van der Waals surface area contributed by atoms with Crippen molar-refractivity contribution in [2.24, 2.45) is 11.8 Å². The molecule has 0 saturated heterocycles. The fourth-order valence-corrected chi connectivity index (χ4v) is 6.01. The topological polar surface area (TPSA) is 0 Å². The third-order valence-electron chi connectivity index (χ3n) is 8.33. The van der Waals surface area contributed by atoms with E-state index >= 15 is 0 Å². The SMILES string of the molecule is C1=CCC2CC[CH-]C2=C1.C1=CCC2CC[CH-]C2=C1.CC1[C-]=Cc2ccccc21.CC1[C-]=Cc2ccccc21.C[SiH]C.C[SiH]C.[Zr+2].[Zr+2]. The Morgan fingerprint density at radius 1 is 0.609 bits per heavy atom. The van der Waals surface area contributed by atoms with Crippen LogP contribution in [0.1, 0.15) is 86.5 Å². The van der Waals surface area contributed by atoms with Crippen LogP contribution in [0.2, 0.25) is 26.2 Å². The molecule has 2 radical (unpaired) electrons. The fraction of sp³-hybridized carbons (Fsp3) is 0.381. The monoisotopic (exact) mass is 794 g/mol. The van der Waals surface area contributed by atoms with Crippen LogP contribution in [0, 0.1) is 36.8 Å². The van der Waals surface area contributed by atoms with Crippen LogP contribution < -0.4 is 0 Å². The van der Waals surface area contributed by atoms with Crippen LogP contribution in [0.4, 0.5) is 0 Å². The Kier molecular flexibility index (Phi) is 23.2. The molecular formula is C42H54Si2Zr2. The van der Waals surface area contributed by atoms with E-state index in [1.165, 1.54) is 60.8 Å². The van der Waals surface area contributed by atoms with E-state index in [-0.39, 0.29) is 52.4 Å². The van der Waals surface area contributed by atoms with Gasteiger partial charge < -0.3 is 0 Å². The van der Waals surface area contributed by atoms with Crippen LogP contribution in [0.15, 0.2) is 96.1 Å². The maximum Gasteiger partial charge on any atom is 2.00 e. The van der Waals surface area contributed by atoms with Crippen molar-refractivity contribution < 1.29 is 52.4 Å². The largest absolute Gasteiger partial charge is 2.00 e. The Bertz CT molecular complexity index is 1210. The molecule has 2 fully saturated rings. The first kappa shape index (κ1) is 42.8. The normalized spacial score (nSPS) is 22.1. The summed E-state index contributed by atoms with van der Waals surface area (Å²) in [6, 6.07) is 16.9. The van der Waals surface area contributed by atoms with E-state index in [0.29, 0.717) is 11.8 Å². The summed E-state index contributed by atoms with van der Waals surface area (Å²) in [5.74, 6) is 2.76. The Labute approximate surface area is 326 Å². The third-order valence-corrected chi connectivity index (χ3v) is 8.33. The van der Waals surface area contributed by atoms with Gasteiger partial charge in [-0.2, -0.15) is 11.1 Å². The molecule has 0 nitrogen and oxygen atoms in total. The van der Waals surface area contributed by atoms with Crippen molar-refractivity contribution in [1.29, 1.82) is 0 Å². The Morgan fingerprint density at radius 2 is 0.978 bits per heavy atom. The molecule has 4 unspecified atom stereocenters. The van der Waals surface area contributed by atoms with Crippen LogP contribution in [0.3, 0.4) is 0 Å². The van der Waals surface area contributed by atoms with Crippen LogP contribution in [0.5, 0.6) is 0 Å². The van der Waals surface area contributed by atoms with Gasteiger partial charge in [0, 0.05) is 19.0 Å². The number of allylic oxidation sites excluding steroid dienone is 10. The molecular weight excluding hydrogens is 743 g/mol. The smallest absolute Gasteiger partial charge is 0.269 e. The van der Waals surface area contributed by atoms with Crippen molar-refractivity contribution in [3.63, 3.8) is 0 Å². The number of hydrogen-bond donors (Lipinski definition) is 0. The quantitative estimate of drug-likeness (QED) is 0.184. The second-order valence-corrected chi connectivity index (χ2v) is 14.4. The standard InChI is InChI=1S/2C10H9.2C9H11.2C2H7Si.2Zr/c2*1-8-6-7-9-4-2-3-5-10(8)9;2*1-2-5-9-7-3-6-8(9)4-1;2*1-3-2;;/h2*2-5,7-8H,1H3;2*1-2,4,6,9H,3,5,7H2;2*3H,1-2H3;;/q4*-1;;;2*+2. The second kappa shape index (κ2) is 24.9. The van der Waals surface area contributed by atoms with Gasteiger partial charge in [-0.25, -0.2) is 48.3 Å². The zero-order valence-corrected chi connectivity index (χ0v) is 36.3. The fourth-order valence-electron chi connectivity index (χ4n) is 6.01. The van der Waals surface area contributed by atoms with E-state index in [2.05, 4.69) is 162 Å². The summed E-state index contributed by atoms with van der Waals surface area (Å²) in [5.41, 5.74) is 8.63. The zero-order valence-electron chi connectivity index (χ0n) is 29.1. The number of rotatable bonds is 0. The second-order valence-electron chi connectivity index (χ2n) is 12.1. The van der Waals surface area contributed by atoms with Gasteiger partial charge in [-0.15, -0.1) is 60.4 Å². The number of hydrogen-bond acceptors (Lipinski definition) is 0. The molecule has 4 atom stereocenters. The first-order valence-electron chi connectivity index (χ1n) is 16.8. The molecule has 0 spiro atoms. The summed E-state index contributed by atoms with van der Waals surface area (Å²) in [7, 11) is 1.50. The Hall–Kier alpha value is -1.18. The number of fused-ring (bicyclic) bond motifs is 4. The van der Waals surface area contributed by atoms with Crippen molar-refractivity contribution in [3.05, 3.63) is 143 Å². The van der Waals surface area contributed by atoms with Gasteiger partial charge >= 0.3 is 52.4 Å². The average Bonchev–Trinajstić information content (AvgIpc) is 3.87. The van der Waals surface area contributed by atoms with Gasteiger partial charge in [0.2, 0.25) is 0 Å². The molecule has 6 aliphatic rings. The van der Waals surface area contributed by atoms with Crippen molar-refractivity contribution in [3.8, 4) is 0 Å². The first-order chi connectivity index (χ1) is 21.5. The van der Waals surface area contributed by atoms with Crippen LogP contribution >= 0.6 is 0 Å². The van der Waals surface area contributed by atoms with E-state index in [1.807, 2.05) is 0 Å². The minimum atomic E-state index is 0. The molecule has 2 aromatic carbocycles. The van der Waals surface area contributed by atoms with E-state index in [1.54, 1.807) is 11.1 Å². The third kappa shape index (κ3) is 14.1. The molecule has 6 aliphatic carbocycles. The Morgan fingerprint density at radius 3 is 1.33 bits per heavy atom. The summed E-state index contributed by atoms with van der Waals surface area (Å²) in [6.45, 7) is 13.2. The molecule has 0 amide bonds. The van der Waals surface area contributed by atoms with Gasteiger partial charge in [0.15, 0.2) is 0 Å². The molecule has 0 aliphatic heterocycles. The van der Waals surface area contributed by atoms with E-state index in [4.69, 9.17) is 0 Å². The summed E-state index contributed by atoms with van der Waals surface area (Å²) < 4.78 is 0. The molecule has 2 saturated carbocycles. The first-order valence-corrected chi connectivity index (χ1v) is 21.4. The molecule has 0 heterocycles. The van der Waals surface area contributed by atoms with Gasteiger partial charge in [0.05, 0.1) is 0 Å². The summed E-state index contributed by atoms with van der Waals surface area (Å²) in [6.07, 6.45) is 36.7. The van der Waals surface area contributed by atoms with Gasteiger partial charge in [-0.1, -0.05) is 101 Å². The van der Waals surface area contributed by atoms with Gasteiger partial charge in [0.1, 0.15) is 0 Å². The van der Waals surface area contributed by atoms with Crippen LogP contribution in [-0.2, 0) is 52.4 Å². The van der Waals surface area contributed by atoms with Gasteiger partial charge in [0.25, 0.3) is 0 Å². The summed E-state index contributed by atoms with van der Waals surface area (Å²) in [4.78, 5) is 0. The van der Waals surface area contributed by atoms with E-state index in [9.17, 15) is 0 Å². The summed E-state index contributed by atoms with van der Waals surface area (Å²) in [5, 5.41) is 0. The van der Waals surface area contributed by atoms with Crippen LogP contribution in [-0.4, -0.2) is 19.0 Å². The average molecular weight is 798 g/mol. The zero-order chi connectivity index (χ0) is 31.6. The molecule has 2 aromatic rings. The molecule has 0 bridgehead atoms. The maximum atomic E-state index is 3.26. The van der Waals surface area contributed by atoms with Crippen LogP contribution in [0.25, 0.3) is 12.2 Å². The van der Waals surface area contributed by atoms with E-state index in [0.717, 1.165) is 30.9 Å². The minimum Gasteiger partial charge on any atom is -0.269 e. The maximum absolute atomic E-state index is 3.26.